The van der Waals surface area contributed by atoms with Crippen molar-refractivity contribution >= 4 is 18.2 Å². The summed E-state index contributed by atoms with van der Waals surface area (Å²) in [5, 5.41) is 18.1. The second-order valence-electron chi connectivity index (χ2n) is 11.8. The molecule has 0 bridgehead atoms. The van der Waals surface area contributed by atoms with Crippen LogP contribution in [-0.4, -0.2) is 34.5 Å². The molecule has 0 aromatic heterocycles. The van der Waals surface area contributed by atoms with Crippen LogP contribution in [0.25, 0.3) is 5.32 Å². The van der Waals surface area contributed by atoms with Crippen molar-refractivity contribution in [2.24, 2.45) is 21.7 Å². The molecule has 1 rings (SSSR count). The van der Waals surface area contributed by atoms with Gasteiger partial charge in [-0.05, 0) is 33.8 Å². The van der Waals surface area contributed by atoms with E-state index in [0.717, 1.165) is 12.2 Å². The maximum Gasteiger partial charge on any atom is 0.0957 e. The molecule has 1 aliphatic heterocycles. The van der Waals surface area contributed by atoms with E-state index < -0.39 is 33.8 Å². The Balaban J connectivity index is 0. The van der Waals surface area contributed by atoms with Crippen molar-refractivity contribution in [2.45, 2.75) is 94.2 Å². The van der Waals surface area contributed by atoms with Crippen molar-refractivity contribution in [1.29, 1.82) is 0 Å². The summed E-state index contributed by atoms with van der Waals surface area (Å²) in [4.78, 5) is 31.4. The van der Waals surface area contributed by atoms with Gasteiger partial charge in [0.15, 0.2) is 0 Å². The van der Waals surface area contributed by atoms with Gasteiger partial charge >= 0.3 is 0 Å². The number of nitrogens with zero attached hydrogens (tertiary/aromatic N) is 1. The summed E-state index contributed by atoms with van der Waals surface area (Å²) in [5.41, 5.74) is -3.69. The van der Waals surface area contributed by atoms with E-state index >= 15 is 0 Å². The molecular weight excluding hydrogens is 457 g/mol. The van der Waals surface area contributed by atoms with Crippen LogP contribution < -0.4 is 5.32 Å². The van der Waals surface area contributed by atoms with Gasteiger partial charge in [-0.3, -0.25) is 0 Å². The Morgan fingerprint density at radius 2 is 1.03 bits per heavy atom. The molecule has 1 aliphatic rings. The molecule has 30 heavy (non-hydrogen) atoms. The first-order valence-electron chi connectivity index (χ1n) is 9.94. The summed E-state index contributed by atoms with van der Waals surface area (Å²) >= 11 is 0. The van der Waals surface area contributed by atoms with Crippen molar-refractivity contribution < 1.29 is 52.2 Å². The van der Waals surface area contributed by atoms with E-state index in [2.05, 4.69) is 52.2 Å². The van der Waals surface area contributed by atoms with E-state index in [1.807, 2.05) is 48.0 Å². The van der Waals surface area contributed by atoms with Gasteiger partial charge in [0.1, 0.15) is 0 Å². The molecule has 2 N–H and O–H groups in total. The average molecular weight is 497 g/mol. The van der Waals surface area contributed by atoms with Gasteiger partial charge in [-0.15, -0.1) is 0 Å². The van der Waals surface area contributed by atoms with Crippen LogP contribution in [0.2, 0.25) is 0 Å². The molecule has 7 heteroatoms. The van der Waals surface area contributed by atoms with Gasteiger partial charge < -0.3 is 30.1 Å². The van der Waals surface area contributed by atoms with Gasteiger partial charge in [0.25, 0.3) is 0 Å². The van der Waals surface area contributed by atoms with Crippen LogP contribution in [-0.2, 0) is 47.1 Å². The molecule has 0 atom stereocenters. The van der Waals surface area contributed by atoms with Gasteiger partial charge in [-0.25, -0.2) is 0 Å². The van der Waals surface area contributed by atoms with Crippen LogP contribution in [0.15, 0.2) is 12.2 Å². The van der Waals surface area contributed by atoms with Gasteiger partial charge in [0.2, 0.25) is 0 Å². The molecule has 0 aliphatic carbocycles. The summed E-state index contributed by atoms with van der Waals surface area (Å²) < 4.78 is 0. The van der Waals surface area contributed by atoms with Gasteiger partial charge in [-0.2, -0.15) is 6.41 Å². The number of hydrogen-bond donors (Lipinski definition) is 2. The van der Waals surface area contributed by atoms with Crippen molar-refractivity contribution in [3.05, 3.63) is 17.5 Å². The van der Waals surface area contributed by atoms with Crippen LogP contribution in [0.4, 0.5) is 0 Å². The van der Waals surface area contributed by atoms with Crippen molar-refractivity contribution in [3.8, 4) is 0 Å². The van der Waals surface area contributed by atoms with Crippen LogP contribution in [0, 0.1) is 21.7 Å². The third kappa shape index (κ3) is 5.80. The second kappa shape index (κ2) is 9.91. The number of amides is 3. The van der Waals surface area contributed by atoms with E-state index in [9.17, 15) is 19.5 Å². The quantitative estimate of drug-likeness (QED) is 0.346. The molecular formula is C23H40N2O4Y-2. The number of carbonyl (C=O) groups excluding carboxylic acids is 3. The van der Waals surface area contributed by atoms with E-state index in [4.69, 9.17) is 0 Å². The van der Waals surface area contributed by atoms with Crippen molar-refractivity contribution in [1.82, 2.24) is 5.32 Å². The third-order valence-electron chi connectivity index (χ3n) is 5.79. The Morgan fingerprint density at radius 3 is 1.17 bits per heavy atom. The van der Waals surface area contributed by atoms with Gasteiger partial charge in [0, 0.05) is 38.2 Å². The number of rotatable bonds is 3. The molecule has 0 aromatic rings. The Labute approximate surface area is 208 Å². The monoisotopic (exact) mass is 497 g/mol. The molecule has 0 unspecified atom stereocenters. The first-order valence-corrected chi connectivity index (χ1v) is 9.94. The molecule has 0 fully saturated rings. The molecule has 3 amide bonds. The summed E-state index contributed by atoms with van der Waals surface area (Å²) in [6.07, 6.45) is 4.19. The second-order valence-corrected chi connectivity index (χ2v) is 11.8. The summed E-state index contributed by atoms with van der Waals surface area (Å²) in [7, 11) is 0. The fourth-order valence-electron chi connectivity index (χ4n) is 5.33. The summed E-state index contributed by atoms with van der Waals surface area (Å²) in [5.74, 6) is -0.907. The van der Waals surface area contributed by atoms with Gasteiger partial charge in [-0.1, -0.05) is 83.1 Å². The Kier molecular flexibility index (Phi) is 10.4. The molecule has 6 nitrogen and oxygen atoms in total. The normalized spacial score (nSPS) is 15.6. The first kappa shape index (κ1) is 31.6. The predicted molar refractivity (Wildman–Crippen MR) is 117 cm³/mol. The van der Waals surface area contributed by atoms with Crippen LogP contribution in [0.3, 0.4) is 0 Å². The molecule has 171 valence electrons. The van der Waals surface area contributed by atoms with Crippen molar-refractivity contribution in [2.75, 3.05) is 0 Å². The smallest absolute Gasteiger partial charge is 0.0957 e. The molecule has 1 radical (unpaired) electrons. The Bertz CT molecular complexity index is 613. The van der Waals surface area contributed by atoms with Gasteiger partial charge in [0.05, 0.1) is 17.4 Å². The molecule has 0 saturated heterocycles. The zero-order chi connectivity index (χ0) is 23.7. The largest absolute Gasteiger partial charge is 0.589 e. The van der Waals surface area contributed by atoms with E-state index in [1.54, 1.807) is 0 Å². The summed E-state index contributed by atoms with van der Waals surface area (Å²) in [6.45, 7) is 24.7. The fraction of sp³-hybridized carbons (Fsp3) is 0.783. The molecule has 0 saturated carbocycles. The average Bonchev–Trinajstić information content (AvgIpc) is 2.82. The summed E-state index contributed by atoms with van der Waals surface area (Å²) in [6, 6.07) is 0. The van der Waals surface area contributed by atoms with Crippen LogP contribution >= 0.6 is 0 Å². The van der Waals surface area contributed by atoms with E-state index in [0.29, 0.717) is 0 Å². The maximum absolute atomic E-state index is 12.2. The minimum absolute atomic E-state index is 0. The molecule has 0 spiro atoms. The molecule has 1 heterocycles. The minimum atomic E-state index is -1.17. The SMILES string of the molecule is CC(C)(C)C(O)(C(C)(C)C)C(N[C-]=O)(C(C)(C)C)C(C)(C)C.O=C1C=CC(=O)[N-]1.[Y]. The maximum atomic E-state index is 12.2. The minimum Gasteiger partial charge on any atom is -0.589 e. The van der Waals surface area contributed by atoms with Crippen LogP contribution in [0.1, 0.15) is 83.1 Å². The zero-order valence-electron chi connectivity index (χ0n) is 20.9. The number of nitrogens with one attached hydrogen (secondary N) is 1. The zero-order valence-corrected chi connectivity index (χ0v) is 23.7. The number of imide groups is 1. The molecule has 0 aromatic carbocycles. The third-order valence-corrected chi connectivity index (χ3v) is 5.79. The standard InChI is InChI=1S/C19H38NO2.C4H3NO2.Y/c1-14(2,3)18(20-13-21,15(4,5)6)19(22,16(7,8)9)17(10,11)12;6-3-1-2-4(7)5-3;/h22H,1-12H3,(H,20,21);1-2H,(H,5,6,7);/q-1;;/p-1. The number of aliphatic hydroxyl groups is 1. The van der Waals surface area contributed by atoms with E-state index in [1.165, 1.54) is 0 Å². The first-order chi connectivity index (χ1) is 12.6. The topological polar surface area (TPSA) is 97.6 Å². The van der Waals surface area contributed by atoms with Crippen molar-refractivity contribution in [3.63, 3.8) is 0 Å². The Morgan fingerprint density at radius 1 is 0.733 bits per heavy atom. The Hall–Kier alpha value is -0.586. The number of carbonyl (C=O) groups is 2. The number of hydrogen-bond acceptors (Lipinski definition) is 4. The van der Waals surface area contributed by atoms with Crippen LogP contribution in [0.5, 0.6) is 0 Å². The predicted octanol–water partition coefficient (Wildman–Crippen LogP) is 4.28. The van der Waals surface area contributed by atoms with E-state index in [-0.39, 0.29) is 43.5 Å². The fourth-order valence-corrected chi connectivity index (χ4v) is 5.33.